The molecule has 0 aliphatic rings. The second kappa shape index (κ2) is 5.55. The zero-order valence-electron chi connectivity index (χ0n) is 5.33. The van der Waals surface area contributed by atoms with Crippen molar-refractivity contribution in [2.75, 3.05) is 0 Å². The van der Waals surface area contributed by atoms with Crippen LogP contribution in [-0.4, -0.2) is 12.3 Å². The lowest BCUT2D eigenvalue weighted by Gasteiger charge is -1.89. The fraction of sp³-hybridized carbons (Fsp3) is 0. The van der Waals surface area contributed by atoms with E-state index in [2.05, 4.69) is 17.2 Å². The van der Waals surface area contributed by atoms with E-state index in [1.54, 1.807) is 0 Å². The van der Waals surface area contributed by atoms with Crippen molar-refractivity contribution in [3.63, 3.8) is 0 Å². The Morgan fingerprint density at radius 3 is 2.60 bits per heavy atom. The van der Waals surface area contributed by atoms with Crippen LogP contribution in [0.4, 0.5) is 0 Å². The van der Waals surface area contributed by atoms with Gasteiger partial charge in [0.1, 0.15) is 0 Å². The van der Waals surface area contributed by atoms with Crippen LogP contribution in [-0.2, 0) is 9.59 Å². The Hall–Kier alpha value is -1.58. The summed E-state index contributed by atoms with van der Waals surface area (Å²) in [6.07, 6.45) is 4.23. The van der Waals surface area contributed by atoms with Gasteiger partial charge < -0.3 is 10.6 Å². The molecule has 4 nitrogen and oxygen atoms in total. The first kappa shape index (κ1) is 8.42. The maximum absolute atomic E-state index is 10.4. The highest BCUT2D eigenvalue weighted by atomic mass is 16.1. The summed E-state index contributed by atoms with van der Waals surface area (Å²) >= 11 is 0. The van der Waals surface area contributed by atoms with Crippen LogP contribution in [0.25, 0.3) is 0 Å². The Balaban J connectivity index is 3.42. The van der Waals surface area contributed by atoms with E-state index in [4.69, 9.17) is 0 Å². The SMILES string of the molecule is C=CC(=O)NC=CNC=O. The van der Waals surface area contributed by atoms with E-state index < -0.39 is 0 Å². The topological polar surface area (TPSA) is 58.2 Å². The molecule has 0 atom stereocenters. The molecule has 10 heavy (non-hydrogen) atoms. The predicted molar refractivity (Wildman–Crippen MR) is 36.7 cm³/mol. The molecule has 0 aromatic heterocycles. The van der Waals surface area contributed by atoms with Crippen LogP contribution in [0.5, 0.6) is 0 Å². The van der Waals surface area contributed by atoms with Crippen LogP contribution in [0.2, 0.25) is 0 Å². The summed E-state index contributed by atoms with van der Waals surface area (Å²) in [6, 6.07) is 0. The first-order valence-corrected chi connectivity index (χ1v) is 2.59. The van der Waals surface area contributed by atoms with Crippen LogP contribution >= 0.6 is 0 Å². The van der Waals surface area contributed by atoms with Gasteiger partial charge in [-0.3, -0.25) is 9.59 Å². The van der Waals surface area contributed by atoms with Gasteiger partial charge in [0.05, 0.1) is 0 Å². The molecule has 0 fully saturated rings. The highest BCUT2D eigenvalue weighted by Crippen LogP contribution is 1.65. The Kier molecular flexibility index (Phi) is 4.68. The number of carbonyl (C=O) groups excluding carboxylic acids is 2. The van der Waals surface area contributed by atoms with Crippen molar-refractivity contribution < 1.29 is 9.59 Å². The van der Waals surface area contributed by atoms with Crippen molar-refractivity contribution in [1.29, 1.82) is 0 Å². The van der Waals surface area contributed by atoms with Gasteiger partial charge in [-0.25, -0.2) is 0 Å². The molecule has 0 bridgehead atoms. The quantitative estimate of drug-likeness (QED) is 0.408. The average molecular weight is 140 g/mol. The van der Waals surface area contributed by atoms with E-state index in [1.165, 1.54) is 12.4 Å². The highest BCUT2D eigenvalue weighted by Gasteiger charge is 1.83. The number of nitrogens with one attached hydrogen (secondary N) is 2. The molecule has 0 aliphatic heterocycles. The molecule has 54 valence electrons. The molecule has 0 aromatic rings. The second-order valence-corrected chi connectivity index (χ2v) is 1.33. The van der Waals surface area contributed by atoms with Crippen LogP contribution in [0.3, 0.4) is 0 Å². The molecule has 2 N–H and O–H groups in total. The van der Waals surface area contributed by atoms with Gasteiger partial charge >= 0.3 is 0 Å². The summed E-state index contributed by atoms with van der Waals surface area (Å²) in [6.45, 7) is 3.22. The Morgan fingerprint density at radius 1 is 1.40 bits per heavy atom. The lowest BCUT2D eigenvalue weighted by Crippen LogP contribution is -2.14. The van der Waals surface area contributed by atoms with E-state index >= 15 is 0 Å². The Bertz CT molecular complexity index is 163. The maximum atomic E-state index is 10.4. The van der Waals surface area contributed by atoms with Crippen LogP contribution in [0, 0.1) is 0 Å². The van der Waals surface area contributed by atoms with Gasteiger partial charge in [-0.05, 0) is 6.08 Å². The zero-order chi connectivity index (χ0) is 7.82. The van der Waals surface area contributed by atoms with Crippen LogP contribution < -0.4 is 10.6 Å². The number of amides is 2. The molecule has 4 heteroatoms. The minimum Gasteiger partial charge on any atom is -0.334 e. The molecule has 0 heterocycles. The zero-order valence-corrected chi connectivity index (χ0v) is 5.33. The molecule has 0 radical (unpaired) electrons. The molecule has 0 spiro atoms. The van der Waals surface area contributed by atoms with Gasteiger partial charge in [0.25, 0.3) is 0 Å². The van der Waals surface area contributed by atoms with E-state index in [1.807, 2.05) is 0 Å². The van der Waals surface area contributed by atoms with Gasteiger partial charge in [-0.15, -0.1) is 0 Å². The minimum atomic E-state index is -0.316. The third kappa shape index (κ3) is 4.58. The Morgan fingerprint density at radius 2 is 2.10 bits per heavy atom. The molecule has 0 saturated heterocycles. The summed E-state index contributed by atoms with van der Waals surface area (Å²) in [7, 11) is 0. The van der Waals surface area contributed by atoms with Crippen molar-refractivity contribution >= 4 is 12.3 Å². The summed E-state index contributed by atoms with van der Waals surface area (Å²) in [4.78, 5) is 20.0. The number of carbonyl (C=O) groups is 2. The molecule has 0 aromatic carbocycles. The van der Waals surface area contributed by atoms with Gasteiger partial charge in [-0.1, -0.05) is 6.58 Å². The van der Waals surface area contributed by atoms with Crippen LogP contribution in [0.1, 0.15) is 0 Å². The minimum absolute atomic E-state index is 0.316. The third-order valence-corrected chi connectivity index (χ3v) is 0.659. The normalized spacial score (nSPS) is 8.80. The van der Waals surface area contributed by atoms with E-state index in [-0.39, 0.29) is 5.91 Å². The molecular formula is C6H8N2O2. The average Bonchev–Trinajstić information content (AvgIpc) is 1.98. The number of rotatable bonds is 4. The predicted octanol–water partition coefficient (Wildman–Crippen LogP) is -0.494. The van der Waals surface area contributed by atoms with Crippen molar-refractivity contribution in [3.8, 4) is 0 Å². The monoisotopic (exact) mass is 140 g/mol. The fourth-order valence-corrected chi connectivity index (χ4v) is 0.270. The molecule has 0 unspecified atom stereocenters. The van der Waals surface area contributed by atoms with Gasteiger partial charge in [-0.2, -0.15) is 0 Å². The standard InChI is InChI=1S/C6H8N2O2/c1-2-6(10)8-4-3-7-5-9/h2-5H,1H2,(H,7,9)(H,8,10). The van der Waals surface area contributed by atoms with E-state index in [9.17, 15) is 9.59 Å². The first-order chi connectivity index (χ1) is 4.81. The molecular weight excluding hydrogens is 132 g/mol. The van der Waals surface area contributed by atoms with Gasteiger partial charge in [0, 0.05) is 12.4 Å². The summed E-state index contributed by atoms with van der Waals surface area (Å²) < 4.78 is 0. The van der Waals surface area contributed by atoms with Crippen molar-refractivity contribution in [2.24, 2.45) is 0 Å². The van der Waals surface area contributed by atoms with Crippen molar-refractivity contribution in [2.45, 2.75) is 0 Å². The third-order valence-electron chi connectivity index (χ3n) is 0.659. The van der Waals surface area contributed by atoms with Crippen LogP contribution in [0.15, 0.2) is 25.1 Å². The van der Waals surface area contributed by atoms with Crippen molar-refractivity contribution in [3.05, 3.63) is 25.1 Å². The lowest BCUT2D eigenvalue weighted by atomic mass is 10.6. The maximum Gasteiger partial charge on any atom is 0.247 e. The lowest BCUT2D eigenvalue weighted by molar-refractivity contribution is -0.115. The highest BCUT2D eigenvalue weighted by molar-refractivity contribution is 5.87. The number of hydrogen-bond acceptors (Lipinski definition) is 2. The Labute approximate surface area is 58.6 Å². The molecule has 0 rings (SSSR count). The summed E-state index contributed by atoms with van der Waals surface area (Å²) in [5, 5.41) is 4.53. The molecule has 0 aliphatic carbocycles. The smallest absolute Gasteiger partial charge is 0.247 e. The molecule has 2 amide bonds. The molecule has 0 saturated carbocycles. The summed E-state index contributed by atoms with van der Waals surface area (Å²) in [5.74, 6) is -0.316. The van der Waals surface area contributed by atoms with Crippen molar-refractivity contribution in [1.82, 2.24) is 10.6 Å². The largest absolute Gasteiger partial charge is 0.334 e. The van der Waals surface area contributed by atoms with E-state index in [0.717, 1.165) is 6.08 Å². The first-order valence-electron chi connectivity index (χ1n) is 2.59. The summed E-state index contributed by atoms with van der Waals surface area (Å²) in [5.41, 5.74) is 0. The second-order valence-electron chi connectivity index (χ2n) is 1.33. The number of hydrogen-bond donors (Lipinski definition) is 2. The van der Waals surface area contributed by atoms with Gasteiger partial charge in [0.2, 0.25) is 12.3 Å². The fourth-order valence-electron chi connectivity index (χ4n) is 0.270. The van der Waals surface area contributed by atoms with E-state index in [0.29, 0.717) is 6.41 Å². The van der Waals surface area contributed by atoms with Gasteiger partial charge in [0.15, 0.2) is 0 Å².